The molecule has 1 aromatic rings. The summed E-state index contributed by atoms with van der Waals surface area (Å²) >= 11 is 0. The molecular formula is C18H27FN2O2. The predicted octanol–water partition coefficient (Wildman–Crippen LogP) is 3.44. The Kier molecular flexibility index (Phi) is 5.30. The fraction of sp³-hybridized carbons (Fsp3) is 0.611. The summed E-state index contributed by atoms with van der Waals surface area (Å²) in [5.74, 6) is -0.228. The molecule has 0 aromatic heterocycles. The molecule has 5 heteroatoms. The zero-order valence-corrected chi connectivity index (χ0v) is 14.3. The fourth-order valence-corrected chi connectivity index (χ4v) is 3.22. The van der Waals surface area contributed by atoms with Crippen molar-refractivity contribution in [2.24, 2.45) is 5.73 Å². The Hall–Kier alpha value is -1.62. The monoisotopic (exact) mass is 322 g/mol. The van der Waals surface area contributed by atoms with Crippen LogP contribution < -0.4 is 5.73 Å². The Morgan fingerprint density at radius 3 is 2.52 bits per heavy atom. The third-order valence-electron chi connectivity index (χ3n) is 4.43. The Morgan fingerprint density at radius 2 is 2.00 bits per heavy atom. The van der Waals surface area contributed by atoms with E-state index in [1.807, 2.05) is 26.8 Å². The smallest absolute Gasteiger partial charge is 0.410 e. The second kappa shape index (κ2) is 6.87. The van der Waals surface area contributed by atoms with Gasteiger partial charge >= 0.3 is 6.09 Å². The molecule has 1 aromatic carbocycles. The molecule has 1 amide bonds. The zero-order valence-electron chi connectivity index (χ0n) is 14.3. The topological polar surface area (TPSA) is 55.6 Å². The van der Waals surface area contributed by atoms with Gasteiger partial charge in [-0.15, -0.1) is 0 Å². The van der Waals surface area contributed by atoms with Crippen molar-refractivity contribution in [1.82, 2.24) is 4.90 Å². The maximum Gasteiger partial charge on any atom is 0.410 e. The summed E-state index contributed by atoms with van der Waals surface area (Å²) in [5, 5.41) is 0. The van der Waals surface area contributed by atoms with Gasteiger partial charge in [0.05, 0.1) is 0 Å². The number of piperidine rings is 1. The Morgan fingerprint density at radius 1 is 1.35 bits per heavy atom. The average molecular weight is 322 g/mol. The molecule has 23 heavy (non-hydrogen) atoms. The van der Waals surface area contributed by atoms with Crippen LogP contribution in [0.15, 0.2) is 24.3 Å². The average Bonchev–Trinajstić information content (AvgIpc) is 2.46. The van der Waals surface area contributed by atoms with Crippen LogP contribution in [-0.4, -0.2) is 36.2 Å². The number of carbonyl (C=O) groups excluding carboxylic acids is 1. The zero-order chi connectivity index (χ0) is 17.1. The lowest BCUT2D eigenvalue weighted by Gasteiger charge is -2.42. The molecular weight excluding hydrogens is 295 g/mol. The number of amides is 1. The van der Waals surface area contributed by atoms with Crippen molar-refractivity contribution in [2.75, 3.05) is 19.6 Å². The van der Waals surface area contributed by atoms with Crippen molar-refractivity contribution in [3.05, 3.63) is 35.6 Å². The molecule has 0 radical (unpaired) electrons. The van der Waals surface area contributed by atoms with Crippen LogP contribution in [0.5, 0.6) is 0 Å². The summed E-state index contributed by atoms with van der Waals surface area (Å²) in [5.41, 5.74) is 6.13. The number of nitrogens with two attached hydrogens (primary N) is 1. The number of halogens is 1. The summed E-state index contributed by atoms with van der Waals surface area (Å²) < 4.78 is 19.0. The van der Waals surface area contributed by atoms with Crippen LogP contribution in [0.3, 0.4) is 0 Å². The van der Waals surface area contributed by atoms with Gasteiger partial charge in [-0.1, -0.05) is 12.1 Å². The second-order valence-corrected chi connectivity index (χ2v) is 7.30. The van der Waals surface area contributed by atoms with Crippen LogP contribution >= 0.6 is 0 Å². The highest BCUT2D eigenvalue weighted by molar-refractivity contribution is 5.68. The molecule has 1 aliphatic heterocycles. The summed E-state index contributed by atoms with van der Waals surface area (Å²) in [6, 6.07) is 6.75. The van der Waals surface area contributed by atoms with Crippen LogP contribution in [0.1, 0.15) is 45.6 Å². The first kappa shape index (κ1) is 17.7. The number of hydrogen-bond donors (Lipinski definition) is 1. The van der Waals surface area contributed by atoms with Crippen LogP contribution in [0.4, 0.5) is 9.18 Å². The summed E-state index contributed by atoms with van der Waals surface area (Å²) in [7, 11) is 0. The highest BCUT2D eigenvalue weighted by Gasteiger charge is 2.38. The summed E-state index contributed by atoms with van der Waals surface area (Å²) in [6.07, 6.45) is 2.05. The maximum atomic E-state index is 13.6. The molecule has 0 bridgehead atoms. The number of benzene rings is 1. The van der Waals surface area contributed by atoms with E-state index in [4.69, 9.17) is 10.5 Å². The fourth-order valence-electron chi connectivity index (χ4n) is 3.22. The molecule has 0 unspecified atom stereocenters. The van der Waals surface area contributed by atoms with Crippen LogP contribution in [0.2, 0.25) is 0 Å². The first-order chi connectivity index (χ1) is 10.8. The van der Waals surface area contributed by atoms with Gasteiger partial charge in [0.25, 0.3) is 0 Å². The SMILES string of the molecule is CC(C)(C)OC(=O)N1CCC(CCN)(c2cccc(F)c2)CC1. The van der Waals surface area contributed by atoms with E-state index in [-0.39, 0.29) is 17.3 Å². The molecule has 1 saturated heterocycles. The maximum absolute atomic E-state index is 13.6. The van der Waals surface area contributed by atoms with Crippen molar-refractivity contribution in [1.29, 1.82) is 0 Å². The van der Waals surface area contributed by atoms with Gasteiger partial charge < -0.3 is 15.4 Å². The molecule has 0 saturated carbocycles. The van der Waals surface area contributed by atoms with E-state index in [2.05, 4.69) is 0 Å². The van der Waals surface area contributed by atoms with E-state index in [1.165, 1.54) is 6.07 Å². The lowest BCUT2D eigenvalue weighted by molar-refractivity contribution is 0.0160. The number of likely N-dealkylation sites (tertiary alicyclic amines) is 1. The standard InChI is InChI=1S/C18H27FN2O2/c1-17(2,3)23-16(22)21-11-8-18(7-10-20,9-12-21)14-5-4-6-15(19)13-14/h4-6,13H,7-12,20H2,1-3H3. The lowest BCUT2D eigenvalue weighted by Crippen LogP contribution is -2.47. The number of ether oxygens (including phenoxy) is 1. The number of nitrogens with zero attached hydrogens (tertiary/aromatic N) is 1. The van der Waals surface area contributed by atoms with Crippen molar-refractivity contribution < 1.29 is 13.9 Å². The van der Waals surface area contributed by atoms with Crippen molar-refractivity contribution in [2.45, 2.75) is 51.0 Å². The van der Waals surface area contributed by atoms with E-state index in [0.29, 0.717) is 19.6 Å². The molecule has 0 spiro atoms. The van der Waals surface area contributed by atoms with E-state index >= 15 is 0 Å². The molecule has 4 nitrogen and oxygen atoms in total. The quantitative estimate of drug-likeness (QED) is 0.927. The van der Waals surface area contributed by atoms with Crippen LogP contribution in [0.25, 0.3) is 0 Å². The van der Waals surface area contributed by atoms with Gasteiger partial charge in [0.2, 0.25) is 0 Å². The van der Waals surface area contributed by atoms with Crippen LogP contribution in [0, 0.1) is 5.82 Å². The van der Waals surface area contributed by atoms with Gasteiger partial charge in [0, 0.05) is 13.1 Å². The van der Waals surface area contributed by atoms with Gasteiger partial charge in [-0.25, -0.2) is 9.18 Å². The highest BCUT2D eigenvalue weighted by atomic mass is 19.1. The van der Waals surface area contributed by atoms with E-state index < -0.39 is 5.60 Å². The molecule has 1 heterocycles. The first-order valence-electron chi connectivity index (χ1n) is 8.20. The number of carbonyl (C=O) groups is 1. The normalized spacial score (nSPS) is 17.9. The largest absolute Gasteiger partial charge is 0.444 e. The molecule has 1 aliphatic rings. The predicted molar refractivity (Wildman–Crippen MR) is 88.8 cm³/mol. The van der Waals surface area contributed by atoms with E-state index in [0.717, 1.165) is 24.8 Å². The molecule has 0 aliphatic carbocycles. The Balaban J connectivity index is 2.10. The third-order valence-corrected chi connectivity index (χ3v) is 4.43. The Bertz CT molecular complexity index is 546. The van der Waals surface area contributed by atoms with Gasteiger partial charge in [-0.3, -0.25) is 0 Å². The second-order valence-electron chi connectivity index (χ2n) is 7.30. The van der Waals surface area contributed by atoms with E-state index in [9.17, 15) is 9.18 Å². The molecule has 0 atom stereocenters. The third kappa shape index (κ3) is 4.44. The van der Waals surface area contributed by atoms with Gasteiger partial charge in [-0.05, 0) is 69.7 Å². The van der Waals surface area contributed by atoms with Gasteiger partial charge in [0.1, 0.15) is 11.4 Å². The molecule has 1 fully saturated rings. The van der Waals surface area contributed by atoms with Crippen LogP contribution in [-0.2, 0) is 10.2 Å². The number of rotatable bonds is 3. The minimum absolute atomic E-state index is 0.157. The molecule has 128 valence electrons. The van der Waals surface area contributed by atoms with Crippen molar-refractivity contribution in [3.8, 4) is 0 Å². The van der Waals surface area contributed by atoms with Gasteiger partial charge in [0.15, 0.2) is 0 Å². The van der Waals surface area contributed by atoms with E-state index in [1.54, 1.807) is 17.0 Å². The minimum Gasteiger partial charge on any atom is -0.444 e. The van der Waals surface area contributed by atoms with Crippen molar-refractivity contribution in [3.63, 3.8) is 0 Å². The summed E-state index contributed by atoms with van der Waals surface area (Å²) in [6.45, 7) is 7.33. The first-order valence-corrected chi connectivity index (χ1v) is 8.20. The Labute approximate surface area is 137 Å². The lowest BCUT2D eigenvalue weighted by atomic mass is 9.70. The molecule has 2 rings (SSSR count). The number of hydrogen-bond acceptors (Lipinski definition) is 3. The summed E-state index contributed by atoms with van der Waals surface area (Å²) in [4.78, 5) is 13.9. The van der Waals surface area contributed by atoms with Gasteiger partial charge in [-0.2, -0.15) is 0 Å². The minimum atomic E-state index is -0.495. The molecule has 2 N–H and O–H groups in total. The van der Waals surface area contributed by atoms with Crippen molar-refractivity contribution >= 4 is 6.09 Å². The highest BCUT2D eigenvalue weighted by Crippen LogP contribution is 2.38.